The number of hydrogen-bond donors (Lipinski definition) is 1. The molecule has 0 aliphatic carbocycles. The van der Waals surface area contributed by atoms with Crippen molar-refractivity contribution in [3.8, 4) is 12.3 Å². The molecule has 0 radical (unpaired) electrons. The molecule has 2 heterocycles. The molecule has 2 aromatic rings. The van der Waals surface area contributed by atoms with Crippen molar-refractivity contribution in [1.82, 2.24) is 25.1 Å². The minimum Gasteiger partial charge on any atom is -0.333 e. The van der Waals surface area contributed by atoms with Crippen LogP contribution in [0.25, 0.3) is 0 Å². The first kappa shape index (κ1) is 29.0. The number of carbonyl (C=O) groups is 3. The molecule has 1 N–H and O–H groups in total. The molecule has 2 aliphatic rings. The number of piperazine rings is 1. The molecular weight excluding hydrogens is 523 g/mol. The Morgan fingerprint density at radius 1 is 1.10 bits per heavy atom. The number of benzene rings is 2. The molecule has 0 spiro atoms. The average molecular weight is 556 g/mol. The number of rotatable bonds is 7. The van der Waals surface area contributed by atoms with Crippen molar-refractivity contribution in [3.63, 3.8) is 0 Å². The molecule has 0 aromatic heterocycles. The van der Waals surface area contributed by atoms with Crippen LogP contribution in [0.3, 0.4) is 0 Å². The number of hydrogen-bond acceptors (Lipinski definition) is 4. The molecule has 4 amide bonds. The zero-order chi connectivity index (χ0) is 29.0. The topological polar surface area (TPSA) is 76.2 Å². The van der Waals surface area contributed by atoms with E-state index in [1.165, 1.54) is 32.0 Å². The van der Waals surface area contributed by atoms with Gasteiger partial charge in [-0.15, -0.1) is 6.42 Å². The zero-order valence-corrected chi connectivity index (χ0v) is 22.4. The van der Waals surface area contributed by atoms with Gasteiger partial charge in [-0.25, -0.2) is 9.80 Å². The van der Waals surface area contributed by atoms with Gasteiger partial charge in [-0.3, -0.25) is 9.59 Å². The normalized spacial score (nSPS) is 20.0. The van der Waals surface area contributed by atoms with E-state index in [0.29, 0.717) is 12.0 Å². The van der Waals surface area contributed by atoms with Gasteiger partial charge in [-0.1, -0.05) is 62.2 Å². The molecule has 11 heteroatoms. The van der Waals surface area contributed by atoms with Gasteiger partial charge in [0.1, 0.15) is 12.2 Å². The van der Waals surface area contributed by atoms with E-state index in [0.717, 1.165) is 17.7 Å². The smallest absolute Gasteiger partial charge is 0.333 e. The quantitative estimate of drug-likeness (QED) is 0.529. The van der Waals surface area contributed by atoms with E-state index in [-0.39, 0.29) is 50.5 Å². The summed E-state index contributed by atoms with van der Waals surface area (Å²) in [4.78, 5) is 43.5. The van der Waals surface area contributed by atoms with Crippen molar-refractivity contribution in [2.75, 3.05) is 19.6 Å². The van der Waals surface area contributed by atoms with Gasteiger partial charge in [0.15, 0.2) is 0 Å². The molecule has 4 rings (SSSR count). The summed E-state index contributed by atoms with van der Waals surface area (Å²) in [5.74, 6) is 1.80. The Balaban J connectivity index is 1.67. The Hall–Kier alpha value is -4.04. The molecule has 0 saturated carbocycles. The first-order valence-corrected chi connectivity index (χ1v) is 13.0. The molecular formula is C29H32F3N5O3. The van der Waals surface area contributed by atoms with Gasteiger partial charge in [0, 0.05) is 13.1 Å². The van der Waals surface area contributed by atoms with E-state index >= 15 is 0 Å². The van der Waals surface area contributed by atoms with Crippen LogP contribution >= 0.6 is 0 Å². The fraction of sp³-hybridized carbons (Fsp3) is 0.414. The van der Waals surface area contributed by atoms with Crippen LogP contribution in [0.2, 0.25) is 0 Å². The summed E-state index contributed by atoms with van der Waals surface area (Å²) >= 11 is 0. The van der Waals surface area contributed by atoms with Gasteiger partial charge in [-0.05, 0) is 35.6 Å². The second-order valence-electron chi connectivity index (χ2n) is 10.4. The molecule has 0 unspecified atom stereocenters. The van der Waals surface area contributed by atoms with Crippen LogP contribution in [-0.2, 0) is 28.9 Å². The van der Waals surface area contributed by atoms with Gasteiger partial charge in [0.25, 0.3) is 0 Å². The molecule has 2 atom stereocenters. The highest BCUT2D eigenvalue weighted by molar-refractivity contribution is 5.91. The van der Waals surface area contributed by atoms with Gasteiger partial charge in [0.05, 0.1) is 25.2 Å². The maximum absolute atomic E-state index is 13.7. The Labute approximate surface area is 231 Å². The van der Waals surface area contributed by atoms with Gasteiger partial charge >= 0.3 is 12.2 Å². The summed E-state index contributed by atoms with van der Waals surface area (Å²) in [6, 6.07) is 12.7. The molecule has 2 saturated heterocycles. The molecule has 40 heavy (non-hydrogen) atoms. The maximum atomic E-state index is 13.7. The first-order chi connectivity index (χ1) is 19.0. The van der Waals surface area contributed by atoms with Crippen LogP contribution in [0.4, 0.5) is 18.0 Å². The number of nitrogens with one attached hydrogen (secondary N) is 1. The Bertz CT molecular complexity index is 1280. The highest BCUT2D eigenvalue weighted by Crippen LogP contribution is 2.32. The second kappa shape index (κ2) is 12.0. The fourth-order valence-electron chi connectivity index (χ4n) is 5.18. The number of alkyl halides is 3. The third-order valence-corrected chi connectivity index (χ3v) is 6.92. The van der Waals surface area contributed by atoms with Gasteiger partial charge in [-0.2, -0.15) is 18.2 Å². The van der Waals surface area contributed by atoms with E-state index in [1.807, 2.05) is 44.2 Å². The lowest BCUT2D eigenvalue weighted by Crippen LogP contribution is -2.76. The largest absolute Gasteiger partial charge is 0.416 e. The third kappa shape index (κ3) is 6.39. The summed E-state index contributed by atoms with van der Waals surface area (Å²) in [5, 5.41) is 5.72. The summed E-state index contributed by atoms with van der Waals surface area (Å²) in [6.07, 6.45) is 0.470. The zero-order valence-electron chi connectivity index (χ0n) is 22.4. The predicted molar refractivity (Wildman–Crippen MR) is 142 cm³/mol. The summed E-state index contributed by atoms with van der Waals surface area (Å²) in [5.41, 5.74) is 0.347. The number of nitrogens with zero attached hydrogens (tertiary/aromatic N) is 4. The minimum atomic E-state index is -4.53. The molecule has 8 nitrogen and oxygen atoms in total. The van der Waals surface area contributed by atoms with Crippen molar-refractivity contribution in [3.05, 3.63) is 71.3 Å². The number of carbonyl (C=O) groups excluding carboxylic acids is 3. The van der Waals surface area contributed by atoms with Crippen molar-refractivity contribution in [2.24, 2.45) is 5.92 Å². The number of terminal acetylenes is 1. The molecule has 2 aliphatic heterocycles. The highest BCUT2D eigenvalue weighted by atomic mass is 19.4. The number of amides is 4. The monoisotopic (exact) mass is 555 g/mol. The van der Waals surface area contributed by atoms with Crippen LogP contribution in [0.1, 0.15) is 37.0 Å². The van der Waals surface area contributed by atoms with E-state index < -0.39 is 30.0 Å². The van der Waals surface area contributed by atoms with Crippen LogP contribution in [0, 0.1) is 18.3 Å². The van der Waals surface area contributed by atoms with E-state index in [9.17, 15) is 27.6 Å². The van der Waals surface area contributed by atoms with Crippen LogP contribution in [-0.4, -0.2) is 69.5 Å². The molecule has 2 aromatic carbocycles. The SMILES string of the molecule is C#CCN1CC(=O)N2[C@@H](CC(C)C)C(=O)N(Cc3cccc(C(F)(F)F)c3)C[C@@H]2N1C(=O)NCc1ccccc1. The highest BCUT2D eigenvalue weighted by Gasteiger charge is 2.51. The first-order valence-electron chi connectivity index (χ1n) is 13.0. The average Bonchev–Trinajstić information content (AvgIpc) is 2.90. The Kier molecular flexibility index (Phi) is 8.69. The van der Waals surface area contributed by atoms with Crippen molar-refractivity contribution < 1.29 is 27.6 Å². The standard InChI is InChI=1S/C29H32F3N5O3/c1-4-13-35-19-26(38)36-24(14-20(2)3)27(39)34(17-22-11-8-12-23(15-22)29(30,31)32)18-25(36)37(35)28(40)33-16-21-9-6-5-7-10-21/h1,5-12,15,20,24-25H,13-14,16-19H2,2-3H3,(H,33,40)/t24-,25-/m0/s1. The number of halogens is 3. The van der Waals surface area contributed by atoms with Crippen molar-refractivity contribution in [2.45, 2.75) is 51.7 Å². The summed E-state index contributed by atoms with van der Waals surface area (Å²) in [6.45, 7) is 3.65. The molecule has 212 valence electrons. The molecule has 2 fully saturated rings. The van der Waals surface area contributed by atoms with Crippen LogP contribution < -0.4 is 5.32 Å². The lowest BCUT2D eigenvalue weighted by molar-refractivity contribution is -0.190. The Morgan fingerprint density at radius 2 is 1.80 bits per heavy atom. The van der Waals surface area contributed by atoms with Crippen molar-refractivity contribution >= 4 is 17.8 Å². The van der Waals surface area contributed by atoms with Crippen LogP contribution in [0.5, 0.6) is 0 Å². The third-order valence-electron chi connectivity index (χ3n) is 6.92. The van der Waals surface area contributed by atoms with Gasteiger partial charge < -0.3 is 15.1 Å². The maximum Gasteiger partial charge on any atom is 0.416 e. The second-order valence-corrected chi connectivity index (χ2v) is 10.4. The lowest BCUT2D eigenvalue weighted by Gasteiger charge is -2.55. The minimum absolute atomic E-state index is 0.0226. The van der Waals surface area contributed by atoms with Crippen molar-refractivity contribution in [1.29, 1.82) is 0 Å². The predicted octanol–water partition coefficient (Wildman–Crippen LogP) is 3.69. The number of urea groups is 1. The number of hydrazine groups is 1. The lowest BCUT2D eigenvalue weighted by atomic mass is 9.96. The Morgan fingerprint density at radius 3 is 2.45 bits per heavy atom. The van der Waals surface area contributed by atoms with E-state index in [4.69, 9.17) is 6.42 Å². The van der Waals surface area contributed by atoms with Gasteiger partial charge in [0.2, 0.25) is 11.8 Å². The fourth-order valence-corrected chi connectivity index (χ4v) is 5.18. The number of fused-ring (bicyclic) bond motifs is 1. The van der Waals surface area contributed by atoms with Crippen LogP contribution in [0.15, 0.2) is 54.6 Å². The summed E-state index contributed by atoms with van der Waals surface area (Å²) < 4.78 is 40.0. The van der Waals surface area contributed by atoms with E-state index in [2.05, 4.69) is 11.2 Å². The van der Waals surface area contributed by atoms with E-state index in [1.54, 1.807) is 0 Å². The summed E-state index contributed by atoms with van der Waals surface area (Å²) in [7, 11) is 0. The molecule has 0 bridgehead atoms.